The topological polar surface area (TPSA) is 125 Å². The molecule has 0 radical (unpaired) electrons. The van der Waals surface area contributed by atoms with Crippen LogP contribution in [0, 0.1) is 0 Å². The first kappa shape index (κ1) is 25.1. The first-order chi connectivity index (χ1) is 17.3. The molecule has 0 aliphatic carbocycles. The molecular weight excluding hydrogens is 484 g/mol. The van der Waals surface area contributed by atoms with Crippen molar-refractivity contribution in [1.29, 1.82) is 0 Å². The summed E-state index contributed by atoms with van der Waals surface area (Å²) in [4.78, 5) is 42.3. The van der Waals surface area contributed by atoms with Gasteiger partial charge in [0.2, 0.25) is 17.6 Å². The first-order valence-corrected chi connectivity index (χ1v) is 11.9. The number of benzene rings is 2. The summed E-state index contributed by atoms with van der Waals surface area (Å²) < 4.78 is 7.37. The molecule has 2 aromatic carbocycles. The molecule has 2 heterocycles. The summed E-state index contributed by atoms with van der Waals surface area (Å²) in [6.07, 6.45) is 0.270. The number of aryl methyl sites for hydroxylation is 1. The summed E-state index contributed by atoms with van der Waals surface area (Å²) in [7, 11) is 0. The van der Waals surface area contributed by atoms with E-state index in [2.05, 4.69) is 34.4 Å². The Hall–Kier alpha value is -4.05. The van der Waals surface area contributed by atoms with Gasteiger partial charge in [0, 0.05) is 30.1 Å². The van der Waals surface area contributed by atoms with Crippen LogP contribution in [0.2, 0.25) is 5.02 Å². The van der Waals surface area contributed by atoms with E-state index in [1.54, 1.807) is 31.2 Å². The normalized spacial score (nSPS) is 11.1. The van der Waals surface area contributed by atoms with Gasteiger partial charge in [0.15, 0.2) is 5.69 Å². The fourth-order valence-electron chi connectivity index (χ4n) is 3.53. The zero-order chi connectivity index (χ0) is 25.8. The highest BCUT2D eigenvalue weighted by molar-refractivity contribution is 6.30. The van der Waals surface area contributed by atoms with Crippen LogP contribution in [-0.4, -0.2) is 30.4 Å². The number of anilines is 1. The molecule has 0 bridgehead atoms. The fraction of sp³-hybridized carbons (Fsp3) is 0.280. The largest absolute Gasteiger partial charge is 0.352 e. The summed E-state index contributed by atoms with van der Waals surface area (Å²) in [5.74, 6) is 0.297. The maximum atomic E-state index is 12.9. The van der Waals surface area contributed by atoms with Gasteiger partial charge in [-0.15, -0.1) is 0 Å². The van der Waals surface area contributed by atoms with Crippen molar-refractivity contribution in [2.45, 2.75) is 46.1 Å². The number of hydrogen-bond donors (Lipinski definition) is 1. The van der Waals surface area contributed by atoms with E-state index in [9.17, 15) is 14.4 Å². The van der Waals surface area contributed by atoms with E-state index in [1.165, 1.54) is 5.56 Å². The Kier molecular flexibility index (Phi) is 7.44. The first-order valence-electron chi connectivity index (χ1n) is 11.5. The van der Waals surface area contributed by atoms with Gasteiger partial charge in [-0.05, 0) is 54.8 Å². The lowest BCUT2D eigenvalue weighted by Gasteiger charge is -2.09. The van der Waals surface area contributed by atoms with Crippen molar-refractivity contribution in [3.8, 4) is 17.2 Å². The SMILES string of the molecule is CCn1c(=O)c(-c2noc(CCC(=O)Nc3ccc(C(C)C)cc3)n2)nn(-c2ccc(Cl)cc2)c1=O. The summed E-state index contributed by atoms with van der Waals surface area (Å²) in [6, 6.07) is 14.1. The lowest BCUT2D eigenvalue weighted by molar-refractivity contribution is -0.116. The van der Waals surface area contributed by atoms with Crippen LogP contribution >= 0.6 is 11.6 Å². The molecule has 4 rings (SSSR count). The van der Waals surface area contributed by atoms with Crippen molar-refractivity contribution in [1.82, 2.24) is 24.5 Å². The van der Waals surface area contributed by atoms with Gasteiger partial charge in [-0.3, -0.25) is 14.2 Å². The molecule has 4 aromatic rings. The summed E-state index contributed by atoms with van der Waals surface area (Å²) in [5, 5.41) is 11.4. The molecule has 1 N–H and O–H groups in total. The van der Waals surface area contributed by atoms with Gasteiger partial charge in [0.05, 0.1) is 5.69 Å². The number of rotatable bonds is 8. The van der Waals surface area contributed by atoms with Gasteiger partial charge < -0.3 is 9.84 Å². The van der Waals surface area contributed by atoms with Crippen LogP contribution < -0.4 is 16.6 Å². The highest BCUT2D eigenvalue weighted by Gasteiger charge is 2.20. The van der Waals surface area contributed by atoms with Crippen molar-refractivity contribution in [3.63, 3.8) is 0 Å². The van der Waals surface area contributed by atoms with E-state index >= 15 is 0 Å². The van der Waals surface area contributed by atoms with Crippen molar-refractivity contribution < 1.29 is 9.32 Å². The predicted octanol–water partition coefficient (Wildman–Crippen LogP) is 3.81. The Morgan fingerprint density at radius 1 is 1.08 bits per heavy atom. The van der Waals surface area contributed by atoms with Gasteiger partial charge in [-0.1, -0.05) is 42.7 Å². The Morgan fingerprint density at radius 2 is 1.78 bits per heavy atom. The molecule has 0 saturated heterocycles. The van der Waals surface area contributed by atoms with Crippen LogP contribution in [0.25, 0.3) is 17.2 Å². The summed E-state index contributed by atoms with van der Waals surface area (Å²) in [6.45, 7) is 6.01. The Morgan fingerprint density at radius 3 is 2.42 bits per heavy atom. The Balaban J connectivity index is 1.52. The molecule has 0 aliphatic rings. The monoisotopic (exact) mass is 508 g/mol. The molecular formula is C25H25ClN6O4. The zero-order valence-corrected chi connectivity index (χ0v) is 20.8. The molecule has 0 saturated carbocycles. The minimum absolute atomic E-state index is 0.0652. The van der Waals surface area contributed by atoms with Gasteiger partial charge >= 0.3 is 5.69 Å². The second kappa shape index (κ2) is 10.7. The molecule has 0 spiro atoms. The van der Waals surface area contributed by atoms with Crippen LogP contribution in [0.5, 0.6) is 0 Å². The summed E-state index contributed by atoms with van der Waals surface area (Å²) in [5.41, 5.74) is 0.928. The van der Waals surface area contributed by atoms with Crippen molar-refractivity contribution in [2.75, 3.05) is 5.32 Å². The van der Waals surface area contributed by atoms with E-state index in [1.807, 2.05) is 24.3 Å². The lowest BCUT2D eigenvalue weighted by atomic mass is 10.0. The number of nitrogens with zero attached hydrogens (tertiary/aromatic N) is 5. The van der Waals surface area contributed by atoms with Gasteiger partial charge in [0.1, 0.15) is 0 Å². The molecule has 2 aromatic heterocycles. The number of nitrogens with one attached hydrogen (secondary N) is 1. The molecule has 0 fully saturated rings. The third-order valence-electron chi connectivity index (χ3n) is 5.55. The second-order valence-corrected chi connectivity index (χ2v) is 8.84. The van der Waals surface area contributed by atoms with Crippen LogP contribution in [0.3, 0.4) is 0 Å². The number of halogens is 1. The molecule has 36 heavy (non-hydrogen) atoms. The Bertz CT molecular complexity index is 1490. The number of amides is 1. The number of carbonyl (C=O) groups excluding carboxylic acids is 1. The second-order valence-electron chi connectivity index (χ2n) is 8.41. The predicted molar refractivity (Wildman–Crippen MR) is 136 cm³/mol. The third-order valence-corrected chi connectivity index (χ3v) is 5.81. The number of carbonyl (C=O) groups is 1. The van der Waals surface area contributed by atoms with Crippen molar-refractivity contribution in [2.24, 2.45) is 0 Å². The van der Waals surface area contributed by atoms with Crippen molar-refractivity contribution >= 4 is 23.2 Å². The molecule has 0 atom stereocenters. The maximum Gasteiger partial charge on any atom is 0.352 e. The lowest BCUT2D eigenvalue weighted by Crippen LogP contribution is -2.41. The van der Waals surface area contributed by atoms with E-state index in [0.717, 1.165) is 9.25 Å². The van der Waals surface area contributed by atoms with Gasteiger partial charge in [-0.25, -0.2) is 4.79 Å². The van der Waals surface area contributed by atoms with Crippen LogP contribution in [-0.2, 0) is 17.8 Å². The molecule has 0 unspecified atom stereocenters. The van der Waals surface area contributed by atoms with E-state index in [-0.39, 0.29) is 42.7 Å². The summed E-state index contributed by atoms with van der Waals surface area (Å²) >= 11 is 5.94. The van der Waals surface area contributed by atoms with Crippen LogP contribution in [0.1, 0.15) is 44.6 Å². The van der Waals surface area contributed by atoms with E-state index < -0.39 is 11.2 Å². The molecule has 1 amide bonds. The average molecular weight is 509 g/mol. The number of aromatic nitrogens is 5. The van der Waals surface area contributed by atoms with Crippen LogP contribution in [0.15, 0.2) is 62.6 Å². The van der Waals surface area contributed by atoms with E-state index in [0.29, 0.717) is 22.3 Å². The molecule has 11 heteroatoms. The smallest absolute Gasteiger partial charge is 0.339 e. The third kappa shape index (κ3) is 5.44. The molecule has 0 aliphatic heterocycles. The quantitative estimate of drug-likeness (QED) is 0.383. The zero-order valence-electron chi connectivity index (χ0n) is 20.1. The van der Waals surface area contributed by atoms with E-state index in [4.69, 9.17) is 16.1 Å². The van der Waals surface area contributed by atoms with Gasteiger partial charge in [0.25, 0.3) is 5.56 Å². The minimum Gasteiger partial charge on any atom is -0.339 e. The molecule has 186 valence electrons. The molecule has 10 nitrogen and oxygen atoms in total. The maximum absolute atomic E-state index is 12.9. The Labute approximate surface area is 211 Å². The fourth-order valence-corrected chi connectivity index (χ4v) is 3.66. The van der Waals surface area contributed by atoms with Crippen molar-refractivity contribution in [3.05, 3.63) is 85.8 Å². The highest BCUT2D eigenvalue weighted by Crippen LogP contribution is 2.18. The highest BCUT2D eigenvalue weighted by atomic mass is 35.5. The number of hydrogen-bond acceptors (Lipinski definition) is 7. The average Bonchev–Trinajstić information content (AvgIpc) is 3.33. The van der Waals surface area contributed by atoms with Gasteiger partial charge in [-0.2, -0.15) is 14.8 Å². The standard InChI is InChI=1S/C25H25ClN6O4/c1-4-31-24(34)22(29-32(25(31)35)19-11-7-17(26)8-12-19)23-28-21(36-30-23)14-13-20(33)27-18-9-5-16(6-10-18)15(2)3/h5-12,15H,4,13-14H2,1-3H3,(H,27,33). The minimum atomic E-state index is -0.636. The van der Waals surface area contributed by atoms with Crippen LogP contribution in [0.4, 0.5) is 5.69 Å².